The molecule has 4 heterocycles. The Bertz CT molecular complexity index is 1850. The summed E-state index contributed by atoms with van der Waals surface area (Å²) in [5.41, 5.74) is 0.393. The molecule has 1 N–H and O–H groups in total. The molecule has 4 aromatic rings. The van der Waals surface area contributed by atoms with Crippen molar-refractivity contribution in [2.75, 3.05) is 17.8 Å². The van der Waals surface area contributed by atoms with Gasteiger partial charge in [0.05, 0.1) is 10.4 Å². The number of halogens is 1. The van der Waals surface area contributed by atoms with Crippen LogP contribution in [0.3, 0.4) is 0 Å². The van der Waals surface area contributed by atoms with Crippen LogP contribution in [-0.4, -0.2) is 43.8 Å². The average molecular weight is 555 g/mol. The molecule has 0 amide bonds. The Balaban J connectivity index is 1.31. The van der Waals surface area contributed by atoms with Gasteiger partial charge in [0.1, 0.15) is 16.4 Å². The predicted octanol–water partition coefficient (Wildman–Crippen LogP) is 3.14. The molecule has 9 nitrogen and oxygen atoms in total. The van der Waals surface area contributed by atoms with Gasteiger partial charge in [-0.25, -0.2) is 21.2 Å². The van der Waals surface area contributed by atoms with Crippen LogP contribution in [0.5, 0.6) is 0 Å². The highest BCUT2D eigenvalue weighted by Gasteiger charge is 2.40. The van der Waals surface area contributed by atoms with Crippen LogP contribution in [0.4, 0.5) is 10.1 Å². The fraction of sp³-hybridized carbons (Fsp3) is 0.231. The smallest absolute Gasteiger partial charge is 0.275 e. The van der Waals surface area contributed by atoms with Crippen LogP contribution in [0.1, 0.15) is 18.0 Å². The van der Waals surface area contributed by atoms with Gasteiger partial charge >= 0.3 is 0 Å². The second-order valence-corrected chi connectivity index (χ2v) is 13.2. The molecule has 2 aliphatic heterocycles. The minimum Gasteiger partial charge on any atom is -0.310 e. The monoisotopic (exact) mass is 554 g/mol. The molecule has 2 bridgehead atoms. The summed E-state index contributed by atoms with van der Waals surface area (Å²) in [5, 5.41) is 0.732. The van der Waals surface area contributed by atoms with E-state index in [1.54, 1.807) is 30.5 Å². The number of aromatic nitrogens is 2. The van der Waals surface area contributed by atoms with Gasteiger partial charge in [-0.15, -0.1) is 0 Å². The van der Waals surface area contributed by atoms with E-state index >= 15 is 0 Å². The van der Waals surface area contributed by atoms with E-state index in [0.29, 0.717) is 17.6 Å². The van der Waals surface area contributed by atoms with E-state index in [-0.39, 0.29) is 46.9 Å². The SMILES string of the molecule is O=c1c(NS(=O)(=O)c2cccc(F)c2)ccc2n1C[C@H]1C[C@@H]2CN(S(=O)(=O)c2cccc3cccnc23)C1. The van der Waals surface area contributed by atoms with Crippen LogP contribution in [0, 0.1) is 11.7 Å². The molecule has 0 spiro atoms. The van der Waals surface area contributed by atoms with Crippen LogP contribution in [0.15, 0.2) is 87.5 Å². The third-order valence-corrected chi connectivity index (χ3v) is 10.4. The number of pyridine rings is 2. The minimum atomic E-state index is -4.18. The standard InChI is InChI=1S/C26H23FN4O5S2/c27-20-6-2-7-21(13-20)37(33,34)29-22-9-10-23-19-12-17(15-31(23)26(22)32)14-30(16-19)38(35,36)24-8-1-4-18-5-3-11-28-25(18)24/h1-11,13,17,19,29H,12,14-16H2/t17-,19+/m0/s1. The van der Waals surface area contributed by atoms with Crippen LogP contribution >= 0.6 is 0 Å². The highest BCUT2D eigenvalue weighted by atomic mass is 32.2. The molecule has 0 saturated carbocycles. The number of para-hydroxylation sites is 1. The zero-order chi connectivity index (χ0) is 26.7. The number of hydrogen-bond donors (Lipinski definition) is 1. The van der Waals surface area contributed by atoms with Gasteiger partial charge in [-0.2, -0.15) is 4.31 Å². The van der Waals surface area contributed by atoms with Crippen LogP contribution in [-0.2, 0) is 26.6 Å². The molecule has 38 heavy (non-hydrogen) atoms. The molecule has 0 unspecified atom stereocenters. The van der Waals surface area contributed by atoms with Crippen LogP contribution < -0.4 is 10.3 Å². The van der Waals surface area contributed by atoms with Gasteiger partial charge < -0.3 is 4.57 Å². The number of piperidine rings is 1. The van der Waals surface area contributed by atoms with Crippen molar-refractivity contribution in [2.24, 2.45) is 5.92 Å². The van der Waals surface area contributed by atoms with Crippen molar-refractivity contribution in [1.82, 2.24) is 13.9 Å². The van der Waals surface area contributed by atoms with Crippen molar-refractivity contribution in [3.63, 3.8) is 0 Å². The summed E-state index contributed by atoms with van der Waals surface area (Å²) in [7, 11) is -8.03. The third-order valence-electron chi connectivity index (χ3n) is 7.13. The molecule has 0 radical (unpaired) electrons. The van der Waals surface area contributed by atoms with E-state index in [4.69, 9.17) is 0 Å². The Morgan fingerprint density at radius 3 is 2.53 bits per heavy atom. The second-order valence-electron chi connectivity index (χ2n) is 9.60. The molecule has 196 valence electrons. The zero-order valence-corrected chi connectivity index (χ0v) is 21.6. The first-order valence-corrected chi connectivity index (χ1v) is 14.9. The molecule has 1 fully saturated rings. The molecule has 1 saturated heterocycles. The molecule has 12 heteroatoms. The van der Waals surface area contributed by atoms with Gasteiger partial charge in [-0.1, -0.05) is 24.3 Å². The van der Waals surface area contributed by atoms with Crippen molar-refractivity contribution in [3.8, 4) is 0 Å². The number of anilines is 1. The molecule has 2 aromatic carbocycles. The number of fused-ring (bicyclic) bond motifs is 5. The fourth-order valence-corrected chi connectivity index (χ4v) is 8.25. The van der Waals surface area contributed by atoms with Gasteiger partial charge in [0.2, 0.25) is 10.0 Å². The summed E-state index contributed by atoms with van der Waals surface area (Å²) in [5.74, 6) is -1.07. The van der Waals surface area contributed by atoms with Crippen molar-refractivity contribution in [1.29, 1.82) is 0 Å². The lowest BCUT2D eigenvalue weighted by atomic mass is 9.84. The quantitative estimate of drug-likeness (QED) is 0.405. The fourth-order valence-electron chi connectivity index (χ4n) is 5.44. The number of rotatable bonds is 5. The zero-order valence-electron chi connectivity index (χ0n) is 20.0. The van der Waals surface area contributed by atoms with Gasteiger partial charge in [0, 0.05) is 42.8 Å². The van der Waals surface area contributed by atoms with Gasteiger partial charge in [0.15, 0.2) is 0 Å². The summed E-state index contributed by atoms with van der Waals surface area (Å²) < 4.78 is 71.7. The van der Waals surface area contributed by atoms with Gasteiger partial charge in [-0.3, -0.25) is 14.5 Å². The Kier molecular flexibility index (Phi) is 5.85. The summed E-state index contributed by atoms with van der Waals surface area (Å²) in [6.07, 6.45) is 2.28. The molecule has 2 atom stereocenters. The highest BCUT2D eigenvalue weighted by Crippen LogP contribution is 2.38. The molecule has 0 aliphatic carbocycles. The number of nitrogens with zero attached hydrogens (tertiary/aromatic N) is 3. The molecular weight excluding hydrogens is 531 g/mol. The van der Waals surface area contributed by atoms with Gasteiger partial charge in [0.25, 0.3) is 15.6 Å². The van der Waals surface area contributed by atoms with Crippen LogP contribution in [0.2, 0.25) is 0 Å². The van der Waals surface area contributed by atoms with E-state index in [2.05, 4.69) is 9.71 Å². The first-order chi connectivity index (χ1) is 18.1. The maximum atomic E-state index is 13.7. The normalized spacial score (nSPS) is 19.7. The van der Waals surface area contributed by atoms with Crippen molar-refractivity contribution in [2.45, 2.75) is 28.7 Å². The lowest BCUT2D eigenvalue weighted by molar-refractivity contribution is 0.186. The maximum Gasteiger partial charge on any atom is 0.275 e. The number of sulfonamides is 2. The average Bonchev–Trinajstić information content (AvgIpc) is 2.90. The van der Waals surface area contributed by atoms with Crippen LogP contribution in [0.25, 0.3) is 10.9 Å². The Hall–Kier alpha value is -3.61. The predicted molar refractivity (Wildman–Crippen MR) is 139 cm³/mol. The van der Waals surface area contributed by atoms with E-state index in [0.717, 1.165) is 17.5 Å². The first kappa shape index (κ1) is 24.7. The molecule has 2 aromatic heterocycles. The minimum absolute atomic E-state index is 0.133. The van der Waals surface area contributed by atoms with Crippen molar-refractivity contribution >= 4 is 36.6 Å². The Morgan fingerprint density at radius 1 is 0.921 bits per heavy atom. The number of hydrogen-bond acceptors (Lipinski definition) is 6. The van der Waals surface area contributed by atoms with Gasteiger partial charge in [-0.05, 0) is 54.8 Å². The first-order valence-electron chi connectivity index (χ1n) is 12.0. The summed E-state index contributed by atoms with van der Waals surface area (Å²) in [6.45, 7) is 0.670. The number of benzene rings is 2. The molecular formula is C26H23FN4O5S2. The Labute approximate surface area is 218 Å². The topological polar surface area (TPSA) is 118 Å². The van der Waals surface area contributed by atoms with Crippen molar-refractivity contribution in [3.05, 3.63) is 94.8 Å². The highest BCUT2D eigenvalue weighted by molar-refractivity contribution is 7.92. The van der Waals surface area contributed by atoms with E-state index < -0.39 is 31.4 Å². The molecule has 2 aliphatic rings. The maximum absolute atomic E-state index is 13.7. The number of nitrogens with one attached hydrogen (secondary N) is 1. The van der Waals surface area contributed by atoms with Crippen molar-refractivity contribution < 1.29 is 21.2 Å². The lowest BCUT2D eigenvalue weighted by Gasteiger charge is -2.42. The Morgan fingerprint density at radius 2 is 1.71 bits per heavy atom. The van der Waals surface area contributed by atoms with E-state index in [9.17, 15) is 26.0 Å². The second kappa shape index (κ2) is 9.00. The summed E-state index contributed by atoms with van der Waals surface area (Å²) in [6, 6.07) is 16.2. The molecule has 6 rings (SSSR count). The van der Waals surface area contributed by atoms with E-state index in [1.807, 2.05) is 12.1 Å². The largest absolute Gasteiger partial charge is 0.310 e. The third kappa shape index (κ3) is 4.18. The lowest BCUT2D eigenvalue weighted by Crippen LogP contribution is -2.49. The summed E-state index contributed by atoms with van der Waals surface area (Å²) in [4.78, 5) is 17.4. The summed E-state index contributed by atoms with van der Waals surface area (Å²) >= 11 is 0. The van der Waals surface area contributed by atoms with E-state index in [1.165, 1.54) is 27.1 Å².